The van der Waals surface area contributed by atoms with Gasteiger partial charge in [0.2, 0.25) is 5.91 Å². The maximum absolute atomic E-state index is 11.7. The van der Waals surface area contributed by atoms with Gasteiger partial charge in [0.05, 0.1) is 12.7 Å². The molecule has 0 bridgehead atoms. The normalized spacial score (nSPS) is 11.1. The van der Waals surface area contributed by atoms with Crippen molar-refractivity contribution in [2.24, 2.45) is 0 Å². The molecule has 0 unspecified atom stereocenters. The first-order valence-electron chi connectivity index (χ1n) is 5.39. The average Bonchev–Trinajstić information content (AvgIpc) is 2.14. The van der Waals surface area contributed by atoms with Crippen molar-refractivity contribution >= 4 is 5.91 Å². The van der Waals surface area contributed by atoms with Gasteiger partial charge in [-0.3, -0.25) is 4.79 Å². The van der Waals surface area contributed by atoms with Gasteiger partial charge in [-0.1, -0.05) is 0 Å². The lowest BCUT2D eigenvalue weighted by Crippen LogP contribution is -2.41. The minimum atomic E-state index is 0.0238. The fourth-order valence-corrected chi connectivity index (χ4v) is 1.18. The molecule has 15 heavy (non-hydrogen) atoms. The van der Waals surface area contributed by atoms with Crippen LogP contribution in [-0.2, 0) is 14.3 Å². The lowest BCUT2D eigenvalue weighted by molar-refractivity contribution is -0.140. The maximum Gasteiger partial charge on any atom is 0.248 e. The van der Waals surface area contributed by atoms with Crippen LogP contribution in [0.1, 0.15) is 27.7 Å². The molecule has 4 heteroatoms. The lowest BCUT2D eigenvalue weighted by Gasteiger charge is -2.26. The Labute approximate surface area is 92.5 Å². The molecule has 0 atom stereocenters. The van der Waals surface area contributed by atoms with Gasteiger partial charge in [0, 0.05) is 19.7 Å². The van der Waals surface area contributed by atoms with E-state index in [1.54, 1.807) is 12.0 Å². The van der Waals surface area contributed by atoms with Crippen molar-refractivity contribution in [1.29, 1.82) is 0 Å². The third-order valence-electron chi connectivity index (χ3n) is 2.02. The number of ether oxygens (including phenoxy) is 2. The highest BCUT2D eigenvalue weighted by molar-refractivity contribution is 5.77. The zero-order valence-electron chi connectivity index (χ0n) is 10.4. The van der Waals surface area contributed by atoms with Crippen LogP contribution in [0, 0.1) is 0 Å². The van der Waals surface area contributed by atoms with Crippen LogP contribution < -0.4 is 0 Å². The standard InChI is InChI=1S/C11H23NO3/c1-9(2)12(6-7-14-5)11(13)8-15-10(3)4/h9-10H,6-8H2,1-5H3. The number of carbonyl (C=O) groups excluding carboxylic acids is 1. The molecule has 0 spiro atoms. The Morgan fingerprint density at radius 2 is 1.87 bits per heavy atom. The van der Waals surface area contributed by atoms with E-state index in [-0.39, 0.29) is 24.7 Å². The Hall–Kier alpha value is -0.610. The van der Waals surface area contributed by atoms with E-state index in [2.05, 4.69) is 0 Å². The number of carbonyl (C=O) groups is 1. The summed E-state index contributed by atoms with van der Waals surface area (Å²) in [5.74, 6) is 0.0238. The van der Waals surface area contributed by atoms with Gasteiger partial charge >= 0.3 is 0 Å². The monoisotopic (exact) mass is 217 g/mol. The minimum Gasteiger partial charge on any atom is -0.383 e. The van der Waals surface area contributed by atoms with Gasteiger partial charge in [-0.2, -0.15) is 0 Å². The lowest BCUT2D eigenvalue weighted by atomic mass is 10.3. The van der Waals surface area contributed by atoms with Crippen LogP contribution in [0.25, 0.3) is 0 Å². The predicted molar refractivity (Wildman–Crippen MR) is 59.8 cm³/mol. The summed E-state index contributed by atoms with van der Waals surface area (Å²) < 4.78 is 10.2. The Kier molecular flexibility index (Phi) is 7.34. The zero-order chi connectivity index (χ0) is 11.8. The van der Waals surface area contributed by atoms with E-state index in [0.29, 0.717) is 13.2 Å². The molecule has 0 aliphatic rings. The van der Waals surface area contributed by atoms with Crippen LogP contribution in [0.2, 0.25) is 0 Å². The van der Waals surface area contributed by atoms with Crippen LogP contribution in [0.4, 0.5) is 0 Å². The average molecular weight is 217 g/mol. The van der Waals surface area contributed by atoms with Crippen LogP contribution in [0.15, 0.2) is 0 Å². The first kappa shape index (κ1) is 14.4. The Balaban J connectivity index is 4.05. The van der Waals surface area contributed by atoms with Crippen molar-refractivity contribution in [3.8, 4) is 0 Å². The quantitative estimate of drug-likeness (QED) is 0.645. The van der Waals surface area contributed by atoms with E-state index in [4.69, 9.17) is 9.47 Å². The van der Waals surface area contributed by atoms with E-state index in [1.807, 2.05) is 27.7 Å². The van der Waals surface area contributed by atoms with E-state index in [1.165, 1.54) is 0 Å². The molecule has 0 fully saturated rings. The van der Waals surface area contributed by atoms with Crippen molar-refractivity contribution in [3.63, 3.8) is 0 Å². The summed E-state index contributed by atoms with van der Waals surface area (Å²) in [6.45, 7) is 9.15. The molecule has 0 rings (SSSR count). The van der Waals surface area contributed by atoms with Crippen LogP contribution in [-0.4, -0.2) is 49.8 Å². The molecule has 0 aliphatic carbocycles. The highest BCUT2D eigenvalue weighted by Crippen LogP contribution is 2.00. The molecule has 0 heterocycles. The SMILES string of the molecule is COCCN(C(=O)COC(C)C)C(C)C. The maximum atomic E-state index is 11.7. The molecule has 0 aliphatic heterocycles. The molecule has 0 aromatic carbocycles. The minimum absolute atomic E-state index is 0.0238. The van der Waals surface area contributed by atoms with Crippen molar-refractivity contribution in [3.05, 3.63) is 0 Å². The number of hydrogen-bond acceptors (Lipinski definition) is 3. The highest BCUT2D eigenvalue weighted by atomic mass is 16.5. The third kappa shape index (κ3) is 6.47. The summed E-state index contributed by atoms with van der Waals surface area (Å²) in [6.07, 6.45) is 0.0883. The molecule has 4 nitrogen and oxygen atoms in total. The molecule has 0 aromatic rings. The number of rotatable bonds is 7. The molecule has 0 N–H and O–H groups in total. The Morgan fingerprint density at radius 1 is 1.27 bits per heavy atom. The zero-order valence-corrected chi connectivity index (χ0v) is 10.4. The summed E-state index contributed by atoms with van der Waals surface area (Å²) in [6, 6.07) is 0.184. The second-order valence-electron chi connectivity index (χ2n) is 4.03. The van der Waals surface area contributed by atoms with Crippen LogP contribution >= 0.6 is 0 Å². The van der Waals surface area contributed by atoms with Crippen molar-refractivity contribution in [1.82, 2.24) is 4.90 Å². The molecule has 1 amide bonds. The van der Waals surface area contributed by atoms with Crippen molar-refractivity contribution < 1.29 is 14.3 Å². The molecule has 0 radical (unpaired) electrons. The van der Waals surface area contributed by atoms with Gasteiger partial charge in [-0.15, -0.1) is 0 Å². The molecule has 90 valence electrons. The van der Waals surface area contributed by atoms with Crippen LogP contribution in [0.5, 0.6) is 0 Å². The van der Waals surface area contributed by atoms with Gasteiger partial charge in [-0.25, -0.2) is 0 Å². The number of methoxy groups -OCH3 is 1. The fourth-order valence-electron chi connectivity index (χ4n) is 1.18. The largest absolute Gasteiger partial charge is 0.383 e. The Bertz CT molecular complexity index is 181. The van der Waals surface area contributed by atoms with E-state index < -0.39 is 0 Å². The number of hydrogen-bond donors (Lipinski definition) is 0. The first-order valence-corrected chi connectivity index (χ1v) is 5.39. The first-order chi connectivity index (χ1) is 6.99. The molecule has 0 aromatic heterocycles. The summed E-state index contributed by atoms with van der Waals surface area (Å²) in [5, 5.41) is 0. The smallest absolute Gasteiger partial charge is 0.248 e. The van der Waals surface area contributed by atoms with E-state index >= 15 is 0 Å². The highest BCUT2D eigenvalue weighted by Gasteiger charge is 2.16. The second kappa shape index (κ2) is 7.65. The fraction of sp³-hybridized carbons (Fsp3) is 0.909. The number of nitrogens with zero attached hydrogens (tertiary/aromatic N) is 1. The summed E-state index contributed by atoms with van der Waals surface area (Å²) in [7, 11) is 1.63. The topological polar surface area (TPSA) is 38.8 Å². The molecule has 0 saturated carbocycles. The van der Waals surface area contributed by atoms with Gasteiger partial charge in [0.25, 0.3) is 0 Å². The summed E-state index contributed by atoms with van der Waals surface area (Å²) in [5.41, 5.74) is 0. The van der Waals surface area contributed by atoms with Gasteiger partial charge < -0.3 is 14.4 Å². The van der Waals surface area contributed by atoms with Gasteiger partial charge in [-0.05, 0) is 27.7 Å². The van der Waals surface area contributed by atoms with E-state index in [9.17, 15) is 4.79 Å². The third-order valence-corrected chi connectivity index (χ3v) is 2.02. The van der Waals surface area contributed by atoms with Crippen molar-refractivity contribution in [2.45, 2.75) is 39.8 Å². The van der Waals surface area contributed by atoms with Crippen molar-refractivity contribution in [2.75, 3.05) is 26.9 Å². The molecule has 0 saturated heterocycles. The number of amides is 1. The molecular formula is C11H23NO3. The summed E-state index contributed by atoms with van der Waals surface area (Å²) in [4.78, 5) is 13.5. The second-order valence-corrected chi connectivity index (χ2v) is 4.03. The van der Waals surface area contributed by atoms with Gasteiger partial charge in [0.1, 0.15) is 6.61 Å². The van der Waals surface area contributed by atoms with Crippen LogP contribution in [0.3, 0.4) is 0 Å². The van der Waals surface area contributed by atoms with Gasteiger partial charge in [0.15, 0.2) is 0 Å². The van der Waals surface area contributed by atoms with E-state index in [0.717, 1.165) is 0 Å². The summed E-state index contributed by atoms with van der Waals surface area (Å²) >= 11 is 0. The molecular weight excluding hydrogens is 194 g/mol. The predicted octanol–water partition coefficient (Wildman–Crippen LogP) is 1.29. The Morgan fingerprint density at radius 3 is 2.27 bits per heavy atom.